The third kappa shape index (κ3) is 2.21. The Balaban J connectivity index is 1.66. The van der Waals surface area contributed by atoms with Crippen LogP contribution in [0.1, 0.15) is 6.42 Å². The summed E-state index contributed by atoms with van der Waals surface area (Å²) in [7, 11) is 1.66. The minimum absolute atomic E-state index is 0.0614. The van der Waals surface area contributed by atoms with E-state index in [1.165, 1.54) is 4.90 Å². The van der Waals surface area contributed by atoms with Crippen LogP contribution in [0.25, 0.3) is 0 Å². The third-order valence-corrected chi connectivity index (χ3v) is 7.00. The third-order valence-electron chi connectivity index (χ3n) is 4.04. The molecule has 1 unspecified atom stereocenters. The number of rotatable bonds is 2. The van der Waals surface area contributed by atoms with Gasteiger partial charge < -0.3 is 9.80 Å². The molecule has 0 spiro atoms. The Morgan fingerprint density at radius 3 is 2.86 bits per heavy atom. The Bertz CT molecular complexity index is 809. The van der Waals surface area contributed by atoms with E-state index >= 15 is 0 Å². The molecule has 0 N–H and O–H groups in total. The molecular formula is C13H12ClN3O3S2. The topological polar surface area (TPSA) is 70.1 Å². The van der Waals surface area contributed by atoms with Gasteiger partial charge in [-0.25, -0.2) is 8.42 Å². The number of hydrogen-bond acceptors (Lipinski definition) is 6. The highest BCUT2D eigenvalue weighted by Gasteiger charge is 2.39. The maximum atomic E-state index is 12.1. The van der Waals surface area contributed by atoms with Crippen molar-refractivity contribution < 1.29 is 13.2 Å². The summed E-state index contributed by atoms with van der Waals surface area (Å²) in [5, 5.41) is 0.148. The Hall–Kier alpha value is -1.25. The molecule has 1 aromatic rings. The molecule has 1 fully saturated rings. The van der Waals surface area contributed by atoms with Crippen LogP contribution in [-0.2, 0) is 13.8 Å². The standard InChI is InChI=1S/C13H12ClN3O3S2/c14-22(19,20)9-6-12(18)17(7-9)8-1-2-11-10(5-8)16-4-3-15-13(16)21-11/h1-2,5,9H,3-4,6-7H2. The SMILES string of the molecule is O=C1CC(S(=O)(=O)Cl)CN1c1ccc2c(c1)N1CCN=C1S2. The number of fused-ring (bicyclic) bond motifs is 3. The van der Waals surface area contributed by atoms with Gasteiger partial charge in [-0.2, -0.15) is 0 Å². The summed E-state index contributed by atoms with van der Waals surface area (Å²) < 4.78 is 22.9. The van der Waals surface area contributed by atoms with E-state index in [-0.39, 0.29) is 18.9 Å². The van der Waals surface area contributed by atoms with Crippen molar-refractivity contribution in [1.29, 1.82) is 0 Å². The normalized spacial score (nSPS) is 23.8. The van der Waals surface area contributed by atoms with Gasteiger partial charge in [-0.3, -0.25) is 9.79 Å². The maximum absolute atomic E-state index is 12.1. The lowest BCUT2D eigenvalue weighted by atomic mass is 10.2. The summed E-state index contributed by atoms with van der Waals surface area (Å²) in [5.41, 5.74) is 1.74. The molecule has 0 radical (unpaired) electrons. The number of nitrogens with zero attached hydrogens (tertiary/aromatic N) is 3. The van der Waals surface area contributed by atoms with Crippen LogP contribution in [0.4, 0.5) is 11.4 Å². The number of anilines is 2. The van der Waals surface area contributed by atoms with Crippen LogP contribution < -0.4 is 9.80 Å². The van der Waals surface area contributed by atoms with Gasteiger partial charge in [-0.05, 0) is 30.0 Å². The van der Waals surface area contributed by atoms with Crippen molar-refractivity contribution in [3.05, 3.63) is 18.2 Å². The molecule has 1 saturated heterocycles. The summed E-state index contributed by atoms with van der Waals surface area (Å²) in [6.07, 6.45) is -0.0614. The first-order chi connectivity index (χ1) is 10.4. The van der Waals surface area contributed by atoms with E-state index < -0.39 is 14.3 Å². The zero-order valence-electron chi connectivity index (χ0n) is 11.4. The van der Waals surface area contributed by atoms with E-state index in [4.69, 9.17) is 10.7 Å². The average molecular weight is 358 g/mol. The maximum Gasteiger partial charge on any atom is 0.237 e. The summed E-state index contributed by atoms with van der Waals surface area (Å²) in [6.45, 7) is 1.73. The molecule has 0 aromatic heterocycles. The number of amides is 1. The van der Waals surface area contributed by atoms with Gasteiger partial charge in [0.15, 0.2) is 5.17 Å². The molecular weight excluding hydrogens is 346 g/mol. The first-order valence-electron chi connectivity index (χ1n) is 6.81. The highest BCUT2D eigenvalue weighted by Crippen LogP contribution is 2.44. The van der Waals surface area contributed by atoms with Gasteiger partial charge in [0.05, 0.1) is 12.2 Å². The lowest BCUT2D eigenvalue weighted by Gasteiger charge is -2.19. The summed E-state index contributed by atoms with van der Waals surface area (Å²) in [4.78, 5) is 21.3. The van der Waals surface area contributed by atoms with Crippen molar-refractivity contribution >= 4 is 53.9 Å². The van der Waals surface area contributed by atoms with Gasteiger partial charge in [-0.15, -0.1) is 0 Å². The van der Waals surface area contributed by atoms with Gasteiger partial charge >= 0.3 is 0 Å². The van der Waals surface area contributed by atoms with Gasteiger partial charge in [0.2, 0.25) is 15.0 Å². The zero-order chi connectivity index (χ0) is 15.5. The van der Waals surface area contributed by atoms with Crippen molar-refractivity contribution in [2.24, 2.45) is 4.99 Å². The molecule has 3 aliphatic rings. The fraction of sp³-hybridized carbons (Fsp3) is 0.385. The monoisotopic (exact) mass is 357 g/mol. The van der Waals surface area contributed by atoms with Gasteiger partial charge in [0.1, 0.15) is 5.25 Å². The number of halogens is 1. The molecule has 22 heavy (non-hydrogen) atoms. The molecule has 1 amide bonds. The lowest BCUT2D eigenvalue weighted by molar-refractivity contribution is -0.117. The Morgan fingerprint density at radius 2 is 2.14 bits per heavy atom. The number of benzene rings is 1. The van der Waals surface area contributed by atoms with E-state index in [1.807, 2.05) is 18.2 Å². The first kappa shape index (κ1) is 14.3. The largest absolute Gasteiger partial charge is 0.318 e. The molecule has 0 bridgehead atoms. The highest BCUT2D eigenvalue weighted by atomic mass is 35.7. The quantitative estimate of drug-likeness (QED) is 0.752. The molecule has 0 aliphatic carbocycles. The van der Waals surface area contributed by atoms with Gasteiger partial charge in [0.25, 0.3) is 0 Å². The van der Waals surface area contributed by atoms with Crippen LogP contribution in [0, 0.1) is 0 Å². The van der Waals surface area contributed by atoms with Crippen molar-refractivity contribution in [2.75, 3.05) is 29.4 Å². The second kappa shape index (κ2) is 4.87. The van der Waals surface area contributed by atoms with Crippen molar-refractivity contribution in [2.45, 2.75) is 16.6 Å². The lowest BCUT2D eigenvalue weighted by Crippen LogP contribution is -2.27. The van der Waals surface area contributed by atoms with Crippen molar-refractivity contribution in [3.8, 4) is 0 Å². The molecule has 4 rings (SSSR count). The number of aliphatic imine (C=N–C) groups is 1. The number of carbonyl (C=O) groups excluding carboxylic acids is 1. The van der Waals surface area contributed by atoms with E-state index in [2.05, 4.69) is 9.89 Å². The number of thioether (sulfide) groups is 1. The second-order valence-corrected chi connectivity index (χ2v) is 9.29. The van der Waals surface area contributed by atoms with E-state index in [1.54, 1.807) is 11.8 Å². The molecule has 0 saturated carbocycles. The Morgan fingerprint density at radius 1 is 1.32 bits per heavy atom. The smallest absolute Gasteiger partial charge is 0.237 e. The fourth-order valence-electron chi connectivity index (χ4n) is 2.92. The Kier molecular flexibility index (Phi) is 3.18. The molecule has 3 aliphatic heterocycles. The summed E-state index contributed by atoms with van der Waals surface area (Å²) >= 11 is 1.62. The summed E-state index contributed by atoms with van der Waals surface area (Å²) in [5.74, 6) is -0.213. The second-order valence-electron chi connectivity index (χ2n) is 5.38. The van der Waals surface area contributed by atoms with Crippen LogP contribution in [0.15, 0.2) is 28.1 Å². The minimum Gasteiger partial charge on any atom is -0.318 e. The zero-order valence-corrected chi connectivity index (χ0v) is 13.8. The molecule has 1 aromatic carbocycles. The molecule has 6 nitrogen and oxygen atoms in total. The van der Waals surface area contributed by atoms with Gasteiger partial charge in [-0.1, -0.05) is 0 Å². The van der Waals surface area contributed by atoms with Gasteiger partial charge in [0, 0.05) is 40.8 Å². The molecule has 1 atom stereocenters. The van der Waals surface area contributed by atoms with Crippen LogP contribution in [0.2, 0.25) is 0 Å². The van der Waals surface area contributed by atoms with Crippen molar-refractivity contribution in [3.63, 3.8) is 0 Å². The van der Waals surface area contributed by atoms with E-state index in [9.17, 15) is 13.2 Å². The van der Waals surface area contributed by atoms with Crippen molar-refractivity contribution in [1.82, 2.24) is 0 Å². The number of amidine groups is 1. The Labute approximate surface area is 136 Å². The highest BCUT2D eigenvalue weighted by molar-refractivity contribution is 8.15. The van der Waals surface area contributed by atoms with E-state index in [0.717, 1.165) is 28.8 Å². The average Bonchev–Trinajstić information content (AvgIpc) is 3.10. The molecule has 116 valence electrons. The van der Waals surface area contributed by atoms with Crippen LogP contribution in [0.3, 0.4) is 0 Å². The molecule has 3 heterocycles. The molecule has 9 heteroatoms. The van der Waals surface area contributed by atoms with Crippen LogP contribution >= 0.6 is 22.4 Å². The van der Waals surface area contributed by atoms with Crippen LogP contribution in [-0.4, -0.2) is 44.4 Å². The number of hydrogen-bond donors (Lipinski definition) is 0. The van der Waals surface area contributed by atoms with E-state index in [0.29, 0.717) is 5.69 Å². The summed E-state index contributed by atoms with van der Waals surface area (Å²) in [6, 6.07) is 5.72. The number of carbonyl (C=O) groups is 1. The predicted octanol–water partition coefficient (Wildman–Crippen LogP) is 1.64. The first-order valence-corrected chi connectivity index (χ1v) is 10.00. The predicted molar refractivity (Wildman–Crippen MR) is 87.5 cm³/mol. The van der Waals surface area contributed by atoms with Crippen LogP contribution in [0.5, 0.6) is 0 Å². The fourth-order valence-corrected chi connectivity index (χ4v) is 5.01. The minimum atomic E-state index is -3.73.